The molecule has 1 aromatic heterocycles. The van der Waals surface area contributed by atoms with Crippen molar-refractivity contribution >= 4 is 49.1 Å². The third-order valence-corrected chi connectivity index (χ3v) is 6.41. The van der Waals surface area contributed by atoms with E-state index in [1.165, 1.54) is 38.2 Å². The van der Waals surface area contributed by atoms with Crippen molar-refractivity contribution in [1.82, 2.24) is 4.98 Å². The van der Waals surface area contributed by atoms with E-state index >= 15 is 0 Å². The molecule has 0 aliphatic rings. The Balaban J connectivity index is 1.66. The first-order chi connectivity index (χ1) is 15.8. The molecule has 0 fully saturated rings. The summed E-state index contributed by atoms with van der Waals surface area (Å²) in [5, 5.41) is 6.07. The Bertz CT molecular complexity index is 1620. The van der Waals surface area contributed by atoms with Gasteiger partial charge < -0.3 is 3.79 Å². The minimum Gasteiger partial charge on any atom is -0.652 e. The first-order valence-corrected chi connectivity index (χ1v) is 11.1. The lowest BCUT2D eigenvalue weighted by Crippen LogP contribution is -1.92. The summed E-state index contributed by atoms with van der Waals surface area (Å²) in [4.78, 5) is 4.58. The molecule has 6 aromatic rings. The van der Waals surface area contributed by atoms with E-state index < -0.39 is 0 Å². The summed E-state index contributed by atoms with van der Waals surface area (Å²) in [5.74, 6) is 0.756. The second-order valence-corrected chi connectivity index (χ2v) is 8.10. The van der Waals surface area contributed by atoms with Crippen molar-refractivity contribution in [2.75, 3.05) is 0 Å². The van der Waals surface area contributed by atoms with Crippen molar-refractivity contribution in [1.29, 1.82) is 0 Å². The highest BCUT2D eigenvalue weighted by molar-refractivity contribution is 6.12. The summed E-state index contributed by atoms with van der Waals surface area (Å²) in [5.41, 5.74) is 5.71. The fourth-order valence-corrected chi connectivity index (χ4v) is 4.90. The van der Waals surface area contributed by atoms with Crippen molar-refractivity contribution in [2.24, 2.45) is 0 Å². The molecule has 0 bridgehead atoms. The molecule has 1 heterocycles. The fraction of sp³-hybridized carbons (Fsp3) is 0. The van der Waals surface area contributed by atoms with Crippen LogP contribution in [0.25, 0.3) is 54.7 Å². The number of benzene rings is 5. The van der Waals surface area contributed by atoms with Gasteiger partial charge in [0, 0.05) is 11.6 Å². The van der Waals surface area contributed by atoms with Crippen molar-refractivity contribution in [3.05, 3.63) is 109 Å². The van der Waals surface area contributed by atoms with E-state index in [0.717, 1.165) is 22.2 Å². The Morgan fingerprint density at radius 2 is 1.06 bits per heavy atom. The van der Waals surface area contributed by atoms with E-state index in [2.05, 4.69) is 113 Å². The van der Waals surface area contributed by atoms with Gasteiger partial charge >= 0.3 is 16.6 Å². The van der Waals surface area contributed by atoms with Gasteiger partial charge in [0.25, 0.3) is 0 Å². The van der Waals surface area contributed by atoms with E-state index in [9.17, 15) is 0 Å². The third-order valence-electron chi connectivity index (χ3n) is 6.15. The molecule has 3 heteroatoms. The lowest BCUT2D eigenvalue weighted by molar-refractivity contribution is 0.622. The Hall–Kier alpha value is -3.64. The van der Waals surface area contributed by atoms with Gasteiger partial charge in [-0.3, -0.25) is 4.98 Å². The number of pyridine rings is 1. The summed E-state index contributed by atoms with van der Waals surface area (Å²) in [7, 11) is 0. The number of hydrogen-bond donors (Lipinski definition) is 0. The van der Waals surface area contributed by atoms with Crippen LogP contribution in [0.5, 0.6) is 5.75 Å². The van der Waals surface area contributed by atoms with Crippen molar-refractivity contribution in [2.45, 2.75) is 0 Å². The first kappa shape index (κ1) is 19.1. The van der Waals surface area contributed by atoms with Crippen LogP contribution in [0.15, 0.2) is 109 Å². The lowest BCUT2D eigenvalue weighted by Gasteiger charge is -2.16. The summed E-state index contributed by atoms with van der Waals surface area (Å²) in [6.45, 7) is 0. The van der Waals surface area contributed by atoms with Gasteiger partial charge in [0.15, 0.2) is 0 Å². The fourth-order valence-electron chi connectivity index (χ4n) is 4.71. The largest absolute Gasteiger partial charge is 0.652 e. The number of nitrogens with zero attached hydrogens (tertiary/aromatic N) is 1. The molecule has 0 atom stereocenters. The van der Waals surface area contributed by atoms with Crippen molar-refractivity contribution in [3.8, 4) is 28.0 Å². The van der Waals surface area contributed by atoms with Crippen LogP contribution in [0.2, 0.25) is 0 Å². The van der Waals surface area contributed by atoms with E-state index in [4.69, 9.17) is 3.79 Å². The molecular formula is C29H18AlNO. The number of hydrogen-bond acceptors (Lipinski definition) is 2. The maximum atomic E-state index is 5.48. The minimum atomic E-state index is 0.756. The number of rotatable bonds is 3. The smallest absolute Gasteiger partial charge is 0.482 e. The predicted octanol–water partition coefficient (Wildman–Crippen LogP) is 7.34. The molecule has 0 aliphatic heterocycles. The molecule has 0 spiro atoms. The van der Waals surface area contributed by atoms with Gasteiger partial charge in [-0.05, 0) is 55.9 Å². The lowest BCUT2D eigenvalue weighted by atomic mass is 9.89. The summed E-state index contributed by atoms with van der Waals surface area (Å²) in [6, 6.07) is 36.5. The highest BCUT2D eigenvalue weighted by atomic mass is 27.1. The van der Waals surface area contributed by atoms with Crippen LogP contribution in [0.1, 0.15) is 0 Å². The molecule has 2 nitrogen and oxygen atoms in total. The Labute approximate surface area is 194 Å². The maximum Gasteiger partial charge on any atom is 0.482 e. The van der Waals surface area contributed by atoms with Gasteiger partial charge in [0.05, 0.1) is 0 Å². The number of aromatic nitrogens is 1. The van der Waals surface area contributed by atoms with Crippen LogP contribution in [-0.2, 0) is 0 Å². The quantitative estimate of drug-likeness (QED) is 0.278. The van der Waals surface area contributed by atoms with E-state index in [-0.39, 0.29) is 0 Å². The Morgan fingerprint density at radius 1 is 0.500 bits per heavy atom. The topological polar surface area (TPSA) is 22.1 Å². The second-order valence-electron chi connectivity index (χ2n) is 7.86. The highest BCUT2D eigenvalue weighted by Crippen LogP contribution is 2.41. The van der Waals surface area contributed by atoms with Crippen LogP contribution in [0, 0.1) is 0 Å². The molecule has 32 heavy (non-hydrogen) atoms. The number of fused-ring (bicyclic) bond motifs is 3. The molecular weight excluding hydrogens is 405 g/mol. The van der Waals surface area contributed by atoms with Crippen LogP contribution in [-0.4, -0.2) is 21.6 Å². The van der Waals surface area contributed by atoms with Gasteiger partial charge in [0.2, 0.25) is 0 Å². The zero-order valence-electron chi connectivity index (χ0n) is 17.3. The molecule has 0 aliphatic carbocycles. The highest BCUT2D eigenvalue weighted by Gasteiger charge is 2.14. The Kier molecular flexibility index (Phi) is 4.65. The van der Waals surface area contributed by atoms with Crippen LogP contribution in [0.3, 0.4) is 0 Å². The summed E-state index contributed by atoms with van der Waals surface area (Å²) in [6.07, 6.45) is 1.81. The normalized spacial score (nSPS) is 11.2. The molecule has 0 saturated carbocycles. The first-order valence-electron chi connectivity index (χ1n) is 10.6. The van der Waals surface area contributed by atoms with E-state index in [1.54, 1.807) is 6.20 Å². The molecule has 0 amide bonds. The van der Waals surface area contributed by atoms with Crippen LogP contribution in [0.4, 0.5) is 0 Å². The molecule has 5 aromatic carbocycles. The summed E-state index contributed by atoms with van der Waals surface area (Å²) >= 11 is 2.32. The second kappa shape index (κ2) is 7.80. The zero-order chi connectivity index (χ0) is 21.5. The van der Waals surface area contributed by atoms with Gasteiger partial charge in [0.1, 0.15) is 11.3 Å². The van der Waals surface area contributed by atoms with E-state index in [0.29, 0.717) is 0 Å². The van der Waals surface area contributed by atoms with Gasteiger partial charge in [-0.1, -0.05) is 91.0 Å². The van der Waals surface area contributed by atoms with Gasteiger partial charge in [-0.2, -0.15) is 0 Å². The van der Waals surface area contributed by atoms with Crippen LogP contribution < -0.4 is 3.79 Å². The zero-order valence-corrected chi connectivity index (χ0v) is 18.5. The molecule has 0 unspecified atom stereocenters. The van der Waals surface area contributed by atoms with Crippen molar-refractivity contribution in [3.63, 3.8) is 0 Å². The molecule has 0 N–H and O–H groups in total. The average Bonchev–Trinajstić information content (AvgIpc) is 2.87. The SMILES string of the molecule is [Al][O]c1ccc(-c2ccc(-c3cccc4ccccc34)c3ccccc23)c2cccnc12. The van der Waals surface area contributed by atoms with E-state index in [1.807, 2.05) is 12.1 Å². The monoisotopic (exact) mass is 423 g/mol. The summed E-state index contributed by atoms with van der Waals surface area (Å²) < 4.78 is 5.48. The Morgan fingerprint density at radius 3 is 1.81 bits per heavy atom. The predicted molar refractivity (Wildman–Crippen MR) is 134 cm³/mol. The molecule has 6 rings (SSSR count). The average molecular weight is 423 g/mol. The van der Waals surface area contributed by atoms with Gasteiger partial charge in [-0.25, -0.2) is 0 Å². The molecule has 0 saturated heterocycles. The minimum absolute atomic E-state index is 0.756. The van der Waals surface area contributed by atoms with Gasteiger partial charge in [-0.15, -0.1) is 0 Å². The maximum absolute atomic E-state index is 5.48. The molecule has 2 radical (unpaired) electrons. The van der Waals surface area contributed by atoms with Crippen LogP contribution >= 0.6 is 0 Å². The van der Waals surface area contributed by atoms with Crippen molar-refractivity contribution < 1.29 is 3.79 Å². The molecule has 148 valence electrons. The third kappa shape index (κ3) is 2.99. The standard InChI is InChI=1S/C29H19NO.Al/c31-28-17-16-26(27-13-6-18-30-29(27)28)25-15-14-24(22-10-3-4-11-23(22)25)21-12-5-8-19-7-1-2-9-20(19)21;/h1-18,31H;/q;+1/p-1.